The van der Waals surface area contributed by atoms with Gasteiger partial charge in [0.2, 0.25) is 0 Å². The summed E-state index contributed by atoms with van der Waals surface area (Å²) in [5.74, 6) is 2.44. The van der Waals surface area contributed by atoms with E-state index in [1.54, 1.807) is 24.4 Å². The van der Waals surface area contributed by atoms with Gasteiger partial charge in [0.15, 0.2) is 15.7 Å². The molecule has 1 unspecified atom stereocenters. The molecule has 3 aromatic rings. The SMILES string of the molecule is CC(C)c1noc(N2C[C@@H]3C(COc4ccc(-c5ccc(S(C)(=O)=O)c(F)c5)nc4)[C@@H]3C2)n1. The van der Waals surface area contributed by atoms with Crippen molar-refractivity contribution < 1.29 is 22.1 Å². The Kier molecular flexibility index (Phi) is 5.35. The average Bonchev–Trinajstić information content (AvgIpc) is 3.15. The predicted molar refractivity (Wildman–Crippen MR) is 119 cm³/mol. The molecule has 8 nitrogen and oxygen atoms in total. The van der Waals surface area contributed by atoms with Crippen LogP contribution in [0, 0.1) is 23.6 Å². The molecule has 0 spiro atoms. The van der Waals surface area contributed by atoms with Gasteiger partial charge in [0.1, 0.15) is 16.5 Å². The van der Waals surface area contributed by atoms with Crippen LogP contribution in [0.25, 0.3) is 11.3 Å². The van der Waals surface area contributed by atoms with Gasteiger partial charge < -0.3 is 14.2 Å². The first-order valence-corrected chi connectivity index (χ1v) is 12.8. The zero-order valence-corrected chi connectivity index (χ0v) is 19.4. The van der Waals surface area contributed by atoms with Crippen LogP contribution >= 0.6 is 0 Å². The van der Waals surface area contributed by atoms with Crippen LogP contribution < -0.4 is 9.64 Å². The molecule has 3 atom stereocenters. The number of benzene rings is 1. The van der Waals surface area contributed by atoms with Crippen molar-refractivity contribution in [2.24, 2.45) is 17.8 Å². The van der Waals surface area contributed by atoms with E-state index in [9.17, 15) is 12.8 Å². The van der Waals surface area contributed by atoms with Crippen LogP contribution in [0.2, 0.25) is 0 Å². The van der Waals surface area contributed by atoms with Gasteiger partial charge >= 0.3 is 6.01 Å². The number of hydrogen-bond donors (Lipinski definition) is 0. The smallest absolute Gasteiger partial charge is 0.324 e. The van der Waals surface area contributed by atoms with E-state index in [-0.39, 0.29) is 10.8 Å². The monoisotopic (exact) mass is 472 g/mol. The van der Waals surface area contributed by atoms with E-state index in [4.69, 9.17) is 9.26 Å². The summed E-state index contributed by atoms with van der Waals surface area (Å²) in [6.07, 6.45) is 2.59. The number of aromatic nitrogens is 3. The lowest BCUT2D eigenvalue weighted by molar-refractivity contribution is 0.281. The zero-order chi connectivity index (χ0) is 23.3. The topological polar surface area (TPSA) is 98.4 Å². The molecule has 3 heterocycles. The summed E-state index contributed by atoms with van der Waals surface area (Å²) < 4.78 is 48.7. The third kappa shape index (κ3) is 4.31. The Balaban J connectivity index is 1.15. The molecule has 1 aliphatic carbocycles. The maximum Gasteiger partial charge on any atom is 0.324 e. The van der Waals surface area contributed by atoms with Crippen molar-refractivity contribution in [2.45, 2.75) is 24.7 Å². The Hall–Kier alpha value is -3.01. The van der Waals surface area contributed by atoms with Gasteiger partial charge in [0.25, 0.3) is 0 Å². The molecule has 33 heavy (non-hydrogen) atoms. The summed E-state index contributed by atoms with van der Waals surface area (Å²) in [4.78, 5) is 10.6. The van der Waals surface area contributed by atoms with Crippen LogP contribution in [0.15, 0.2) is 45.9 Å². The molecule has 2 aromatic heterocycles. The molecule has 2 aliphatic rings. The molecule has 1 saturated carbocycles. The van der Waals surface area contributed by atoms with Crippen molar-refractivity contribution in [2.75, 3.05) is 30.9 Å². The molecule has 0 amide bonds. The summed E-state index contributed by atoms with van der Waals surface area (Å²) in [7, 11) is -3.61. The summed E-state index contributed by atoms with van der Waals surface area (Å²) >= 11 is 0. The molecule has 0 bridgehead atoms. The summed E-state index contributed by atoms with van der Waals surface area (Å²) in [6.45, 7) is 6.48. The van der Waals surface area contributed by atoms with Crippen molar-refractivity contribution in [1.29, 1.82) is 0 Å². The first-order chi connectivity index (χ1) is 15.7. The number of anilines is 1. The van der Waals surface area contributed by atoms with E-state index in [1.165, 1.54) is 12.1 Å². The molecule has 0 radical (unpaired) electrons. The van der Waals surface area contributed by atoms with Crippen molar-refractivity contribution in [3.8, 4) is 17.0 Å². The van der Waals surface area contributed by atoms with E-state index < -0.39 is 15.7 Å². The fourth-order valence-electron chi connectivity index (χ4n) is 4.43. The fourth-order valence-corrected chi connectivity index (χ4v) is 5.16. The maximum absolute atomic E-state index is 14.2. The minimum atomic E-state index is -3.61. The molecule has 5 rings (SSSR count). The van der Waals surface area contributed by atoms with Crippen molar-refractivity contribution in [3.63, 3.8) is 0 Å². The molecule has 174 valence electrons. The number of hydrogen-bond acceptors (Lipinski definition) is 8. The van der Waals surface area contributed by atoms with Crippen molar-refractivity contribution >= 4 is 15.9 Å². The first-order valence-electron chi connectivity index (χ1n) is 10.9. The Morgan fingerprint density at radius 3 is 2.55 bits per heavy atom. The second-order valence-corrected chi connectivity index (χ2v) is 11.1. The van der Waals surface area contributed by atoms with Gasteiger partial charge in [-0.1, -0.05) is 25.1 Å². The Labute approximate surface area is 191 Å². The predicted octanol–water partition coefficient (Wildman–Crippen LogP) is 3.56. The first kappa shape index (κ1) is 21.8. The fraction of sp³-hybridized carbons (Fsp3) is 0.435. The molecule has 1 saturated heterocycles. The Bertz CT molecular complexity index is 1260. The summed E-state index contributed by atoms with van der Waals surface area (Å²) in [5.41, 5.74) is 1.05. The summed E-state index contributed by atoms with van der Waals surface area (Å²) in [6, 6.07) is 8.13. The third-order valence-corrected chi connectivity index (χ3v) is 7.53. The van der Waals surface area contributed by atoms with Gasteiger partial charge in [0.05, 0.1) is 18.5 Å². The minimum Gasteiger partial charge on any atom is -0.492 e. The number of fused-ring (bicyclic) bond motifs is 1. The van der Waals surface area contributed by atoms with Crippen LogP contribution in [0.4, 0.5) is 10.4 Å². The number of pyridine rings is 1. The molecular formula is C23H25FN4O4S. The van der Waals surface area contributed by atoms with Gasteiger partial charge in [-0.15, -0.1) is 0 Å². The maximum atomic E-state index is 14.2. The van der Waals surface area contributed by atoms with Gasteiger partial charge in [-0.25, -0.2) is 12.8 Å². The van der Waals surface area contributed by atoms with Crippen LogP contribution in [0.3, 0.4) is 0 Å². The van der Waals surface area contributed by atoms with Gasteiger partial charge in [-0.2, -0.15) is 4.98 Å². The Morgan fingerprint density at radius 2 is 1.97 bits per heavy atom. The molecule has 2 fully saturated rings. The van der Waals surface area contributed by atoms with Crippen molar-refractivity contribution in [1.82, 2.24) is 15.1 Å². The van der Waals surface area contributed by atoms with E-state index in [1.807, 2.05) is 13.8 Å². The highest BCUT2D eigenvalue weighted by atomic mass is 32.2. The number of halogens is 1. The average molecular weight is 473 g/mol. The van der Waals surface area contributed by atoms with E-state index in [0.29, 0.717) is 47.4 Å². The van der Waals surface area contributed by atoms with Gasteiger partial charge in [-0.3, -0.25) is 4.98 Å². The number of rotatable bonds is 7. The van der Waals surface area contributed by atoms with Crippen LogP contribution in [0.5, 0.6) is 5.75 Å². The second kappa shape index (κ2) is 8.09. The lowest BCUT2D eigenvalue weighted by Gasteiger charge is -2.16. The minimum absolute atomic E-state index is 0.242. The van der Waals surface area contributed by atoms with Crippen LogP contribution in [-0.2, 0) is 9.84 Å². The highest BCUT2D eigenvalue weighted by molar-refractivity contribution is 7.90. The number of sulfone groups is 1. The summed E-state index contributed by atoms with van der Waals surface area (Å²) in [5, 5.41) is 4.04. The van der Waals surface area contributed by atoms with Crippen LogP contribution in [0.1, 0.15) is 25.6 Å². The molecule has 1 aliphatic heterocycles. The normalized spacial score (nSPS) is 22.0. The highest BCUT2D eigenvalue weighted by Crippen LogP contribution is 2.52. The van der Waals surface area contributed by atoms with Crippen molar-refractivity contribution in [3.05, 3.63) is 48.2 Å². The highest BCUT2D eigenvalue weighted by Gasteiger charge is 2.56. The van der Waals surface area contributed by atoms with Gasteiger partial charge in [0, 0.05) is 36.7 Å². The third-order valence-electron chi connectivity index (χ3n) is 6.40. The van der Waals surface area contributed by atoms with Gasteiger partial charge in [-0.05, 0) is 36.1 Å². The lowest BCUT2D eigenvalue weighted by atomic mass is 10.1. The number of ether oxygens (including phenoxy) is 1. The van der Waals surface area contributed by atoms with E-state index in [2.05, 4.69) is 20.0 Å². The quantitative estimate of drug-likeness (QED) is 0.515. The number of nitrogens with zero attached hydrogens (tertiary/aromatic N) is 4. The zero-order valence-electron chi connectivity index (χ0n) is 18.6. The molecule has 10 heteroatoms. The largest absolute Gasteiger partial charge is 0.492 e. The standard InChI is InChI=1S/C23H25FN4O4S/c1-13(2)22-26-23(32-27-22)28-10-16-17(11-28)18(16)12-31-15-5-6-20(25-9-15)14-4-7-21(19(24)8-14)33(3,29)30/h4-9,13,16-18H,10-12H2,1-3H3/t16-,17+,18?. The lowest BCUT2D eigenvalue weighted by Crippen LogP contribution is -2.25. The Morgan fingerprint density at radius 1 is 1.21 bits per heavy atom. The van der Waals surface area contributed by atoms with E-state index >= 15 is 0 Å². The number of piperidine rings is 1. The molecular weight excluding hydrogens is 447 g/mol. The second-order valence-electron chi connectivity index (χ2n) is 9.09. The molecule has 0 N–H and O–H groups in total. The van der Waals surface area contributed by atoms with Crippen LogP contribution in [-0.4, -0.2) is 49.5 Å². The van der Waals surface area contributed by atoms with E-state index in [0.717, 1.165) is 25.2 Å². The molecule has 1 aromatic carbocycles.